The molecule has 142 valence electrons. The molecule has 25 heavy (non-hydrogen) atoms. The van der Waals surface area contributed by atoms with Crippen LogP contribution in [0.25, 0.3) is 0 Å². The van der Waals surface area contributed by atoms with Gasteiger partial charge in [-0.25, -0.2) is 4.79 Å². The highest BCUT2D eigenvalue weighted by atomic mass is 16.2. The molecular formula is C17H31N5O3. The van der Waals surface area contributed by atoms with E-state index in [-0.39, 0.29) is 36.3 Å². The first-order valence-electron chi connectivity index (χ1n) is 9.40. The number of urea groups is 1. The summed E-state index contributed by atoms with van der Waals surface area (Å²) >= 11 is 0. The van der Waals surface area contributed by atoms with Crippen LogP contribution in [-0.2, 0) is 9.59 Å². The molecule has 1 atom stereocenters. The summed E-state index contributed by atoms with van der Waals surface area (Å²) in [4.78, 5) is 37.9. The number of carbonyl (C=O) groups is 3. The average Bonchev–Trinajstić information content (AvgIpc) is 2.65. The van der Waals surface area contributed by atoms with E-state index < -0.39 is 0 Å². The van der Waals surface area contributed by atoms with Gasteiger partial charge in [-0.3, -0.25) is 9.59 Å². The minimum absolute atomic E-state index is 0.0321. The number of piperidine rings is 1. The molecule has 0 aromatic heterocycles. The van der Waals surface area contributed by atoms with Crippen LogP contribution in [-0.4, -0.2) is 61.5 Å². The topological polar surface area (TPSA) is 117 Å². The summed E-state index contributed by atoms with van der Waals surface area (Å²) in [5.74, 6) is -0.388. The number of hydrogen-bond donors (Lipinski definition) is 4. The predicted octanol–water partition coefficient (Wildman–Crippen LogP) is -0.0682. The Labute approximate surface area is 149 Å². The molecule has 1 saturated heterocycles. The number of rotatable bonds is 6. The zero-order chi connectivity index (χ0) is 18.1. The molecule has 8 heteroatoms. The minimum Gasteiger partial charge on any atom is -0.355 e. The second-order valence-electron chi connectivity index (χ2n) is 6.92. The number of hydrogen-bond acceptors (Lipinski definition) is 4. The van der Waals surface area contributed by atoms with Gasteiger partial charge in [-0.05, 0) is 25.7 Å². The van der Waals surface area contributed by atoms with Gasteiger partial charge in [0.2, 0.25) is 11.8 Å². The Bertz CT molecular complexity index is 465. The third kappa shape index (κ3) is 6.53. The number of amides is 4. The van der Waals surface area contributed by atoms with Gasteiger partial charge in [0, 0.05) is 32.2 Å². The number of nitrogens with two attached hydrogens (primary N) is 1. The van der Waals surface area contributed by atoms with Gasteiger partial charge in [0.1, 0.15) is 0 Å². The first kappa shape index (κ1) is 19.5. The van der Waals surface area contributed by atoms with Gasteiger partial charge in [0.05, 0.1) is 12.5 Å². The molecule has 5 N–H and O–H groups in total. The van der Waals surface area contributed by atoms with Gasteiger partial charge in [-0.1, -0.05) is 19.3 Å². The van der Waals surface area contributed by atoms with Crippen LogP contribution >= 0.6 is 0 Å². The van der Waals surface area contributed by atoms with Crippen molar-refractivity contribution < 1.29 is 14.4 Å². The first-order valence-corrected chi connectivity index (χ1v) is 9.40. The van der Waals surface area contributed by atoms with Crippen LogP contribution in [0.1, 0.15) is 44.9 Å². The molecule has 0 aromatic rings. The number of carbonyl (C=O) groups excluding carboxylic acids is 3. The maximum Gasteiger partial charge on any atom is 0.315 e. The first-order chi connectivity index (χ1) is 12.1. The molecule has 1 aliphatic heterocycles. The smallest absolute Gasteiger partial charge is 0.315 e. The molecule has 0 radical (unpaired) electrons. The third-order valence-electron chi connectivity index (χ3n) is 4.93. The Balaban J connectivity index is 1.70. The molecule has 1 heterocycles. The Hall–Kier alpha value is -1.83. The zero-order valence-electron chi connectivity index (χ0n) is 14.9. The number of nitrogens with zero attached hydrogens (tertiary/aromatic N) is 1. The Morgan fingerprint density at radius 3 is 2.48 bits per heavy atom. The molecule has 2 aliphatic rings. The van der Waals surface area contributed by atoms with Gasteiger partial charge in [0.15, 0.2) is 0 Å². The largest absolute Gasteiger partial charge is 0.355 e. The molecule has 2 rings (SSSR count). The summed E-state index contributed by atoms with van der Waals surface area (Å²) in [6, 6.07) is -0.0658. The van der Waals surface area contributed by atoms with Crippen molar-refractivity contribution in [3.63, 3.8) is 0 Å². The maximum absolute atomic E-state index is 12.3. The Kier molecular flexibility index (Phi) is 7.97. The van der Waals surface area contributed by atoms with Gasteiger partial charge in [-0.2, -0.15) is 0 Å². The molecule has 0 bridgehead atoms. The quantitative estimate of drug-likeness (QED) is 0.535. The molecular weight excluding hydrogens is 322 g/mol. The van der Waals surface area contributed by atoms with E-state index in [2.05, 4.69) is 16.0 Å². The lowest BCUT2D eigenvalue weighted by molar-refractivity contribution is -0.134. The predicted molar refractivity (Wildman–Crippen MR) is 94.8 cm³/mol. The van der Waals surface area contributed by atoms with Gasteiger partial charge >= 0.3 is 6.03 Å². The van der Waals surface area contributed by atoms with Crippen LogP contribution in [0.5, 0.6) is 0 Å². The fourth-order valence-electron chi connectivity index (χ4n) is 3.51. The lowest BCUT2D eigenvalue weighted by Crippen LogP contribution is -2.50. The van der Waals surface area contributed by atoms with Crippen LogP contribution in [0.15, 0.2) is 0 Å². The standard InChI is InChI=1S/C17H31N5O3/c18-8-9-19-16(24)13-5-4-10-22(12-13)15(23)11-20-17(25)21-14-6-2-1-3-7-14/h13-14H,1-12,18H2,(H,19,24)(H2,20,21,25). The van der Waals surface area contributed by atoms with E-state index >= 15 is 0 Å². The summed E-state index contributed by atoms with van der Waals surface area (Å²) in [6.07, 6.45) is 7.10. The fourth-order valence-corrected chi connectivity index (χ4v) is 3.51. The summed E-state index contributed by atoms with van der Waals surface area (Å²) in [5.41, 5.74) is 5.39. The Morgan fingerprint density at radius 1 is 1.00 bits per heavy atom. The van der Waals surface area contributed by atoms with Crippen molar-refractivity contribution in [3.05, 3.63) is 0 Å². The van der Waals surface area contributed by atoms with E-state index in [0.29, 0.717) is 26.2 Å². The molecule has 0 aromatic carbocycles. The van der Waals surface area contributed by atoms with Crippen molar-refractivity contribution in [2.75, 3.05) is 32.7 Å². The van der Waals surface area contributed by atoms with Crippen LogP contribution in [0, 0.1) is 5.92 Å². The van der Waals surface area contributed by atoms with Gasteiger partial charge in [0.25, 0.3) is 0 Å². The van der Waals surface area contributed by atoms with Crippen LogP contribution in [0.2, 0.25) is 0 Å². The normalized spacial score (nSPS) is 21.5. The number of nitrogens with one attached hydrogen (secondary N) is 3. The van der Waals surface area contributed by atoms with E-state index in [4.69, 9.17) is 5.73 Å². The highest BCUT2D eigenvalue weighted by Crippen LogP contribution is 2.18. The second kappa shape index (κ2) is 10.2. The lowest BCUT2D eigenvalue weighted by Gasteiger charge is -2.32. The van der Waals surface area contributed by atoms with E-state index in [1.807, 2.05) is 0 Å². The Morgan fingerprint density at radius 2 is 1.76 bits per heavy atom. The third-order valence-corrected chi connectivity index (χ3v) is 4.93. The van der Waals surface area contributed by atoms with E-state index in [1.54, 1.807) is 4.90 Å². The maximum atomic E-state index is 12.3. The fraction of sp³-hybridized carbons (Fsp3) is 0.824. The molecule has 8 nitrogen and oxygen atoms in total. The number of likely N-dealkylation sites (tertiary alicyclic amines) is 1. The summed E-state index contributed by atoms with van der Waals surface area (Å²) in [5, 5.41) is 8.35. The zero-order valence-corrected chi connectivity index (χ0v) is 14.9. The lowest BCUT2D eigenvalue weighted by atomic mass is 9.96. The van der Waals surface area contributed by atoms with Crippen molar-refractivity contribution in [1.82, 2.24) is 20.9 Å². The molecule has 1 aliphatic carbocycles. The van der Waals surface area contributed by atoms with Crippen molar-refractivity contribution in [1.29, 1.82) is 0 Å². The molecule has 2 fully saturated rings. The van der Waals surface area contributed by atoms with Crippen molar-refractivity contribution in [2.24, 2.45) is 11.7 Å². The minimum atomic E-state index is -0.283. The highest BCUT2D eigenvalue weighted by Gasteiger charge is 2.28. The van der Waals surface area contributed by atoms with Crippen molar-refractivity contribution in [2.45, 2.75) is 51.0 Å². The molecule has 4 amide bonds. The summed E-state index contributed by atoms with van der Waals surface area (Å²) in [6.45, 7) is 1.86. The average molecular weight is 353 g/mol. The van der Waals surface area contributed by atoms with Gasteiger partial charge in [-0.15, -0.1) is 0 Å². The van der Waals surface area contributed by atoms with Gasteiger partial charge < -0.3 is 26.6 Å². The van der Waals surface area contributed by atoms with E-state index in [9.17, 15) is 14.4 Å². The van der Waals surface area contributed by atoms with E-state index in [1.165, 1.54) is 6.42 Å². The SMILES string of the molecule is NCCNC(=O)C1CCCN(C(=O)CNC(=O)NC2CCCCC2)C1. The monoisotopic (exact) mass is 353 g/mol. The molecule has 1 saturated carbocycles. The van der Waals surface area contributed by atoms with Crippen LogP contribution < -0.4 is 21.7 Å². The van der Waals surface area contributed by atoms with Crippen LogP contribution in [0.4, 0.5) is 4.79 Å². The van der Waals surface area contributed by atoms with Crippen LogP contribution in [0.3, 0.4) is 0 Å². The van der Waals surface area contributed by atoms with Crippen molar-refractivity contribution in [3.8, 4) is 0 Å². The summed E-state index contributed by atoms with van der Waals surface area (Å²) in [7, 11) is 0. The van der Waals surface area contributed by atoms with E-state index in [0.717, 1.165) is 38.5 Å². The summed E-state index contributed by atoms with van der Waals surface area (Å²) < 4.78 is 0. The highest BCUT2D eigenvalue weighted by molar-refractivity contribution is 5.85. The van der Waals surface area contributed by atoms with Crippen molar-refractivity contribution >= 4 is 17.8 Å². The molecule has 0 spiro atoms. The second-order valence-corrected chi connectivity index (χ2v) is 6.92. The molecule has 1 unspecified atom stereocenters.